The van der Waals surface area contributed by atoms with Crippen LogP contribution >= 0.6 is 0 Å². The Morgan fingerprint density at radius 2 is 1.96 bits per heavy atom. The minimum atomic E-state index is 0.0133. The standard InChI is InChI=1S/C23H22N2O3/c1-15(21-11-17-5-2-3-7-20(17)28-21)9-23(27)24-12-16-10-18(14-24)19-6-4-8-22(26)25(19)13-16/h2-9,11,16,18H,10,12-14H2,1H3. The summed E-state index contributed by atoms with van der Waals surface area (Å²) in [5.41, 5.74) is 2.77. The molecule has 1 saturated heterocycles. The van der Waals surface area contributed by atoms with Crippen molar-refractivity contribution in [1.82, 2.24) is 9.47 Å². The van der Waals surface area contributed by atoms with Crippen molar-refractivity contribution in [3.05, 3.63) is 76.4 Å². The van der Waals surface area contributed by atoms with E-state index in [0.717, 1.165) is 34.4 Å². The van der Waals surface area contributed by atoms with Crippen molar-refractivity contribution >= 4 is 22.4 Å². The van der Waals surface area contributed by atoms with Gasteiger partial charge in [-0.15, -0.1) is 0 Å². The third-order valence-electron chi connectivity index (χ3n) is 5.95. The van der Waals surface area contributed by atoms with Gasteiger partial charge in [0, 0.05) is 48.8 Å². The number of nitrogens with zero attached hydrogens (tertiary/aromatic N) is 2. The summed E-state index contributed by atoms with van der Waals surface area (Å²) in [5.74, 6) is 1.29. The molecule has 2 atom stereocenters. The lowest BCUT2D eigenvalue weighted by atomic mass is 9.83. The van der Waals surface area contributed by atoms with Crippen molar-refractivity contribution in [2.45, 2.75) is 25.8 Å². The third-order valence-corrected chi connectivity index (χ3v) is 5.95. The van der Waals surface area contributed by atoms with Crippen LogP contribution < -0.4 is 5.56 Å². The fraction of sp³-hybridized carbons (Fsp3) is 0.304. The third kappa shape index (κ3) is 2.87. The van der Waals surface area contributed by atoms with E-state index in [2.05, 4.69) is 0 Å². The molecule has 5 nitrogen and oxygen atoms in total. The number of allylic oxidation sites excluding steroid dienone is 1. The average Bonchev–Trinajstić information content (AvgIpc) is 3.13. The Balaban J connectivity index is 1.39. The van der Waals surface area contributed by atoms with Gasteiger partial charge in [0.05, 0.1) is 0 Å². The Labute approximate surface area is 162 Å². The van der Waals surface area contributed by atoms with E-state index in [0.29, 0.717) is 25.6 Å². The van der Waals surface area contributed by atoms with Gasteiger partial charge in [0.1, 0.15) is 11.3 Å². The highest BCUT2D eigenvalue weighted by Gasteiger charge is 2.35. The number of fused-ring (bicyclic) bond motifs is 5. The van der Waals surface area contributed by atoms with E-state index in [1.807, 2.05) is 58.9 Å². The van der Waals surface area contributed by atoms with Gasteiger partial charge in [0.15, 0.2) is 0 Å². The summed E-state index contributed by atoms with van der Waals surface area (Å²) >= 11 is 0. The average molecular weight is 374 g/mol. The second-order valence-electron chi connectivity index (χ2n) is 7.92. The molecule has 0 radical (unpaired) electrons. The van der Waals surface area contributed by atoms with Crippen LogP contribution in [0.1, 0.15) is 30.7 Å². The highest BCUT2D eigenvalue weighted by Crippen LogP contribution is 2.35. The van der Waals surface area contributed by atoms with Crippen molar-refractivity contribution in [3.63, 3.8) is 0 Å². The topological polar surface area (TPSA) is 55.5 Å². The first-order valence-electron chi connectivity index (χ1n) is 9.74. The molecule has 142 valence electrons. The van der Waals surface area contributed by atoms with Crippen molar-refractivity contribution < 1.29 is 9.21 Å². The molecule has 3 aromatic rings. The van der Waals surface area contributed by atoms with Gasteiger partial charge < -0.3 is 13.9 Å². The van der Waals surface area contributed by atoms with E-state index in [1.165, 1.54) is 0 Å². The van der Waals surface area contributed by atoms with Gasteiger partial charge in [-0.2, -0.15) is 0 Å². The van der Waals surface area contributed by atoms with Crippen LogP contribution in [0.5, 0.6) is 0 Å². The summed E-state index contributed by atoms with van der Waals surface area (Å²) in [5, 5.41) is 1.03. The van der Waals surface area contributed by atoms with Crippen molar-refractivity contribution in [1.29, 1.82) is 0 Å². The summed E-state index contributed by atoms with van der Waals surface area (Å²) in [6, 6.07) is 15.3. The molecule has 2 aliphatic heterocycles. The molecule has 2 aliphatic rings. The molecule has 5 rings (SSSR count). The van der Waals surface area contributed by atoms with Crippen LogP contribution in [-0.2, 0) is 11.3 Å². The maximum absolute atomic E-state index is 12.9. The molecule has 2 aromatic heterocycles. The van der Waals surface area contributed by atoms with Crippen LogP contribution in [0.15, 0.2) is 63.8 Å². The molecule has 1 fully saturated rings. The number of furan rings is 1. The van der Waals surface area contributed by atoms with Crippen LogP contribution in [0.25, 0.3) is 16.5 Å². The summed E-state index contributed by atoms with van der Waals surface area (Å²) in [7, 11) is 0. The van der Waals surface area contributed by atoms with Crippen LogP contribution in [0.4, 0.5) is 0 Å². The zero-order chi connectivity index (χ0) is 19.3. The lowest BCUT2D eigenvalue weighted by Crippen LogP contribution is -2.48. The molecule has 0 aliphatic carbocycles. The molecule has 0 spiro atoms. The number of aromatic nitrogens is 1. The number of benzene rings is 1. The zero-order valence-corrected chi connectivity index (χ0v) is 15.8. The van der Waals surface area contributed by atoms with Crippen molar-refractivity contribution in [2.75, 3.05) is 13.1 Å². The summed E-state index contributed by atoms with van der Waals surface area (Å²) in [6.45, 7) is 3.96. The van der Waals surface area contributed by atoms with E-state index in [1.54, 1.807) is 12.1 Å². The number of rotatable bonds is 2. The van der Waals surface area contributed by atoms with E-state index >= 15 is 0 Å². The Morgan fingerprint density at radius 1 is 1.11 bits per heavy atom. The van der Waals surface area contributed by atoms with Gasteiger partial charge in [-0.3, -0.25) is 9.59 Å². The Bertz CT molecular complexity index is 1120. The van der Waals surface area contributed by atoms with Gasteiger partial charge in [-0.25, -0.2) is 0 Å². The second-order valence-corrected chi connectivity index (χ2v) is 7.92. The quantitative estimate of drug-likeness (QED) is 0.644. The van der Waals surface area contributed by atoms with Gasteiger partial charge in [-0.1, -0.05) is 24.3 Å². The zero-order valence-electron chi connectivity index (χ0n) is 15.8. The summed E-state index contributed by atoms with van der Waals surface area (Å²) in [6.07, 6.45) is 2.72. The summed E-state index contributed by atoms with van der Waals surface area (Å²) in [4.78, 5) is 27.0. The van der Waals surface area contributed by atoms with E-state index < -0.39 is 0 Å². The smallest absolute Gasteiger partial charge is 0.250 e. The fourth-order valence-corrected chi connectivity index (χ4v) is 4.60. The largest absolute Gasteiger partial charge is 0.456 e. The Morgan fingerprint density at radius 3 is 2.82 bits per heavy atom. The first-order valence-corrected chi connectivity index (χ1v) is 9.74. The lowest BCUT2D eigenvalue weighted by Gasteiger charge is -2.42. The van der Waals surface area contributed by atoms with Crippen LogP contribution in [0.3, 0.4) is 0 Å². The van der Waals surface area contributed by atoms with E-state index in [-0.39, 0.29) is 17.4 Å². The Kier molecular flexibility index (Phi) is 3.97. The molecular formula is C23H22N2O3. The van der Waals surface area contributed by atoms with Crippen LogP contribution in [0.2, 0.25) is 0 Å². The first kappa shape index (κ1) is 17.0. The molecule has 0 saturated carbocycles. The Hall–Kier alpha value is -3.08. The molecule has 2 bridgehead atoms. The van der Waals surface area contributed by atoms with Gasteiger partial charge in [0.2, 0.25) is 5.91 Å². The molecule has 1 aromatic carbocycles. The molecule has 2 unspecified atom stereocenters. The molecule has 5 heteroatoms. The predicted molar refractivity (Wildman–Crippen MR) is 108 cm³/mol. The molecule has 28 heavy (non-hydrogen) atoms. The minimum absolute atomic E-state index is 0.0133. The first-order chi connectivity index (χ1) is 13.6. The number of para-hydroxylation sites is 1. The number of amides is 1. The summed E-state index contributed by atoms with van der Waals surface area (Å²) < 4.78 is 7.76. The molecule has 0 N–H and O–H groups in total. The number of pyridine rings is 1. The van der Waals surface area contributed by atoms with E-state index in [4.69, 9.17) is 4.42 Å². The monoisotopic (exact) mass is 374 g/mol. The van der Waals surface area contributed by atoms with E-state index in [9.17, 15) is 9.59 Å². The maximum atomic E-state index is 12.9. The fourth-order valence-electron chi connectivity index (χ4n) is 4.60. The lowest BCUT2D eigenvalue weighted by molar-refractivity contribution is -0.128. The molecular weight excluding hydrogens is 352 g/mol. The highest BCUT2D eigenvalue weighted by molar-refractivity contribution is 5.95. The SMILES string of the molecule is CC(=CC(=O)N1CC2CC(C1)c1cccc(=O)n1C2)c1cc2ccccc2o1. The number of carbonyl (C=O) groups is 1. The van der Waals surface area contributed by atoms with Gasteiger partial charge in [0.25, 0.3) is 5.56 Å². The second kappa shape index (κ2) is 6.51. The minimum Gasteiger partial charge on any atom is -0.456 e. The highest BCUT2D eigenvalue weighted by atomic mass is 16.3. The van der Waals surface area contributed by atoms with Gasteiger partial charge in [-0.05, 0) is 43.0 Å². The molecule has 4 heterocycles. The number of hydrogen-bond acceptors (Lipinski definition) is 3. The van der Waals surface area contributed by atoms with Crippen molar-refractivity contribution in [2.24, 2.45) is 5.92 Å². The number of carbonyl (C=O) groups excluding carboxylic acids is 1. The number of hydrogen-bond donors (Lipinski definition) is 0. The number of piperidine rings is 1. The normalized spacial score (nSPS) is 21.6. The van der Waals surface area contributed by atoms with Crippen LogP contribution in [-0.4, -0.2) is 28.5 Å². The van der Waals surface area contributed by atoms with Crippen molar-refractivity contribution in [3.8, 4) is 0 Å². The number of likely N-dealkylation sites (tertiary alicyclic amines) is 1. The maximum Gasteiger partial charge on any atom is 0.250 e. The predicted octanol–water partition coefficient (Wildman–Crippen LogP) is 3.64. The van der Waals surface area contributed by atoms with Crippen LogP contribution in [0, 0.1) is 5.92 Å². The molecule has 1 amide bonds. The van der Waals surface area contributed by atoms with Gasteiger partial charge >= 0.3 is 0 Å².